The predicted octanol–water partition coefficient (Wildman–Crippen LogP) is 1.65. The summed E-state index contributed by atoms with van der Waals surface area (Å²) in [7, 11) is 0. The molecule has 0 saturated carbocycles. The van der Waals surface area contributed by atoms with Crippen molar-refractivity contribution in [2.45, 2.75) is 13.8 Å². The molecule has 0 fully saturated rings. The van der Waals surface area contributed by atoms with Gasteiger partial charge < -0.3 is 15.2 Å². The van der Waals surface area contributed by atoms with Gasteiger partial charge in [0.2, 0.25) is 0 Å². The lowest BCUT2D eigenvalue weighted by atomic mass is 10.1. The first-order chi connectivity index (χ1) is 7.15. The van der Waals surface area contributed by atoms with Gasteiger partial charge >= 0.3 is 0 Å². The fraction of sp³-hybridized carbons (Fsp3) is 0.364. The molecule has 0 unspecified atom stereocenters. The summed E-state index contributed by atoms with van der Waals surface area (Å²) < 4.78 is 10.5. The quantitative estimate of drug-likeness (QED) is 0.334. The van der Waals surface area contributed by atoms with Crippen LogP contribution in [0, 0.1) is 12.3 Å². The standard InChI is InChI=1S/C11H16N2O2/c1-3-14-7-15-10-6-9(11(12)13)5-4-8(10)2/h4-6H,3,7H2,1-2H3,(H3,12,13). The maximum atomic E-state index is 7.31. The zero-order valence-corrected chi connectivity index (χ0v) is 9.04. The number of nitrogens with one attached hydrogen (secondary N) is 1. The number of hydrogen-bond acceptors (Lipinski definition) is 3. The first kappa shape index (κ1) is 11.5. The largest absolute Gasteiger partial charge is 0.467 e. The Morgan fingerprint density at radius 1 is 1.47 bits per heavy atom. The highest BCUT2D eigenvalue weighted by molar-refractivity contribution is 5.95. The van der Waals surface area contributed by atoms with Crippen LogP contribution in [-0.4, -0.2) is 19.2 Å². The number of rotatable bonds is 5. The van der Waals surface area contributed by atoms with E-state index in [9.17, 15) is 0 Å². The van der Waals surface area contributed by atoms with E-state index >= 15 is 0 Å². The fourth-order valence-corrected chi connectivity index (χ4v) is 1.11. The van der Waals surface area contributed by atoms with E-state index in [4.69, 9.17) is 20.6 Å². The summed E-state index contributed by atoms with van der Waals surface area (Å²) in [5.74, 6) is 0.743. The minimum atomic E-state index is 0.0382. The van der Waals surface area contributed by atoms with E-state index in [2.05, 4.69) is 0 Å². The molecule has 1 rings (SSSR count). The molecule has 1 aromatic rings. The number of benzene rings is 1. The van der Waals surface area contributed by atoms with Crippen molar-refractivity contribution in [3.8, 4) is 5.75 Å². The summed E-state index contributed by atoms with van der Waals surface area (Å²) in [5, 5.41) is 7.31. The van der Waals surface area contributed by atoms with Crippen LogP contribution in [0.4, 0.5) is 0 Å². The van der Waals surface area contributed by atoms with Crippen molar-refractivity contribution in [3.63, 3.8) is 0 Å². The molecule has 0 aromatic heterocycles. The van der Waals surface area contributed by atoms with E-state index in [0.717, 1.165) is 5.56 Å². The van der Waals surface area contributed by atoms with Crippen LogP contribution in [0.2, 0.25) is 0 Å². The molecule has 15 heavy (non-hydrogen) atoms. The third kappa shape index (κ3) is 3.25. The molecule has 0 heterocycles. The molecule has 0 aliphatic rings. The van der Waals surface area contributed by atoms with Crippen LogP contribution in [0.25, 0.3) is 0 Å². The van der Waals surface area contributed by atoms with Crippen LogP contribution < -0.4 is 10.5 Å². The van der Waals surface area contributed by atoms with Gasteiger partial charge in [0.05, 0.1) is 0 Å². The molecule has 0 spiro atoms. The SMILES string of the molecule is CCOCOc1cc(C(=N)N)ccc1C. The van der Waals surface area contributed by atoms with E-state index in [1.807, 2.05) is 19.9 Å². The summed E-state index contributed by atoms with van der Waals surface area (Å²) in [6, 6.07) is 5.42. The molecule has 0 atom stereocenters. The van der Waals surface area contributed by atoms with Crippen molar-refractivity contribution >= 4 is 5.84 Å². The van der Waals surface area contributed by atoms with E-state index in [-0.39, 0.29) is 12.6 Å². The maximum absolute atomic E-state index is 7.31. The third-order valence-electron chi connectivity index (χ3n) is 2.00. The van der Waals surface area contributed by atoms with Crippen molar-refractivity contribution in [2.24, 2.45) is 5.73 Å². The number of amidine groups is 1. The van der Waals surface area contributed by atoms with Crippen molar-refractivity contribution in [2.75, 3.05) is 13.4 Å². The van der Waals surface area contributed by atoms with E-state index in [0.29, 0.717) is 17.9 Å². The summed E-state index contributed by atoms with van der Waals surface area (Å²) in [5.41, 5.74) is 7.04. The van der Waals surface area contributed by atoms with Crippen LogP contribution in [0.5, 0.6) is 5.75 Å². The molecule has 1 aromatic carbocycles. The Hall–Kier alpha value is -1.55. The second-order valence-electron chi connectivity index (χ2n) is 3.15. The van der Waals surface area contributed by atoms with Gasteiger partial charge in [0.15, 0.2) is 6.79 Å². The zero-order chi connectivity index (χ0) is 11.3. The lowest BCUT2D eigenvalue weighted by Gasteiger charge is -2.10. The maximum Gasteiger partial charge on any atom is 0.189 e. The molecular formula is C11H16N2O2. The molecule has 3 N–H and O–H groups in total. The van der Waals surface area contributed by atoms with Gasteiger partial charge in [-0.05, 0) is 25.5 Å². The van der Waals surface area contributed by atoms with Gasteiger partial charge in [-0.3, -0.25) is 5.41 Å². The second kappa shape index (κ2) is 5.36. The summed E-state index contributed by atoms with van der Waals surface area (Å²) in [4.78, 5) is 0. The van der Waals surface area contributed by atoms with E-state index in [1.165, 1.54) is 0 Å². The van der Waals surface area contributed by atoms with Gasteiger partial charge in [0.1, 0.15) is 11.6 Å². The number of nitrogen functional groups attached to an aromatic ring is 1. The topological polar surface area (TPSA) is 68.3 Å². The Morgan fingerprint density at radius 2 is 2.20 bits per heavy atom. The molecule has 4 nitrogen and oxygen atoms in total. The molecule has 4 heteroatoms. The van der Waals surface area contributed by atoms with Crippen LogP contribution >= 0.6 is 0 Å². The van der Waals surface area contributed by atoms with Gasteiger partial charge in [-0.15, -0.1) is 0 Å². The first-order valence-electron chi connectivity index (χ1n) is 4.80. The normalized spacial score (nSPS) is 10.0. The van der Waals surface area contributed by atoms with E-state index < -0.39 is 0 Å². The summed E-state index contributed by atoms with van der Waals surface area (Å²) in [6.45, 7) is 4.68. The van der Waals surface area contributed by atoms with Gasteiger partial charge in [0, 0.05) is 12.2 Å². The Morgan fingerprint density at radius 3 is 2.80 bits per heavy atom. The molecule has 0 aliphatic heterocycles. The average molecular weight is 208 g/mol. The van der Waals surface area contributed by atoms with Crippen molar-refractivity contribution in [1.29, 1.82) is 5.41 Å². The minimum Gasteiger partial charge on any atom is -0.467 e. The minimum absolute atomic E-state index is 0.0382. The second-order valence-corrected chi connectivity index (χ2v) is 3.15. The monoisotopic (exact) mass is 208 g/mol. The molecular weight excluding hydrogens is 192 g/mol. The fourth-order valence-electron chi connectivity index (χ4n) is 1.11. The Balaban J connectivity index is 2.76. The summed E-state index contributed by atoms with van der Waals surface area (Å²) in [6.07, 6.45) is 0. The van der Waals surface area contributed by atoms with Gasteiger partial charge in [-0.2, -0.15) is 0 Å². The molecule has 0 aliphatic carbocycles. The number of nitrogens with two attached hydrogens (primary N) is 1. The lowest BCUT2D eigenvalue weighted by molar-refractivity contribution is 0.0220. The highest BCUT2D eigenvalue weighted by Gasteiger charge is 2.03. The van der Waals surface area contributed by atoms with E-state index in [1.54, 1.807) is 12.1 Å². The predicted molar refractivity (Wildman–Crippen MR) is 59.3 cm³/mol. The Kier molecular flexibility index (Phi) is 4.12. The van der Waals surface area contributed by atoms with Crippen LogP contribution in [0.15, 0.2) is 18.2 Å². The van der Waals surface area contributed by atoms with Gasteiger partial charge in [-0.1, -0.05) is 12.1 Å². The molecule has 82 valence electrons. The lowest BCUT2D eigenvalue weighted by Crippen LogP contribution is -2.11. The van der Waals surface area contributed by atoms with Crippen molar-refractivity contribution < 1.29 is 9.47 Å². The zero-order valence-electron chi connectivity index (χ0n) is 9.04. The Labute approximate surface area is 89.5 Å². The number of hydrogen-bond donors (Lipinski definition) is 2. The Bertz CT molecular complexity index is 350. The van der Waals surface area contributed by atoms with Crippen LogP contribution in [0.3, 0.4) is 0 Å². The van der Waals surface area contributed by atoms with Crippen LogP contribution in [0.1, 0.15) is 18.1 Å². The first-order valence-corrected chi connectivity index (χ1v) is 4.80. The molecule has 0 saturated heterocycles. The van der Waals surface area contributed by atoms with Gasteiger partial charge in [0.25, 0.3) is 0 Å². The van der Waals surface area contributed by atoms with Crippen LogP contribution in [-0.2, 0) is 4.74 Å². The van der Waals surface area contributed by atoms with Crippen molar-refractivity contribution in [1.82, 2.24) is 0 Å². The number of aryl methyl sites for hydroxylation is 1. The number of ether oxygens (including phenoxy) is 2. The van der Waals surface area contributed by atoms with Gasteiger partial charge in [-0.25, -0.2) is 0 Å². The molecule has 0 bridgehead atoms. The molecule has 0 amide bonds. The average Bonchev–Trinajstić information content (AvgIpc) is 2.20. The summed E-state index contributed by atoms with van der Waals surface area (Å²) >= 11 is 0. The molecule has 0 radical (unpaired) electrons. The van der Waals surface area contributed by atoms with Crippen molar-refractivity contribution in [3.05, 3.63) is 29.3 Å². The highest BCUT2D eigenvalue weighted by atomic mass is 16.7. The highest BCUT2D eigenvalue weighted by Crippen LogP contribution is 2.19. The smallest absolute Gasteiger partial charge is 0.189 e. The third-order valence-corrected chi connectivity index (χ3v) is 2.00.